The third-order valence-corrected chi connectivity index (χ3v) is 3.70. The molecular weight excluding hydrogens is 244 g/mol. The van der Waals surface area contributed by atoms with E-state index in [1.807, 2.05) is 6.92 Å². The Kier molecular flexibility index (Phi) is 3.99. The Hall–Kier alpha value is -1.69. The number of nitrogens with zero attached hydrogens (tertiary/aromatic N) is 2. The van der Waals surface area contributed by atoms with Crippen molar-refractivity contribution in [3.05, 3.63) is 27.9 Å². The van der Waals surface area contributed by atoms with Crippen LogP contribution in [0.5, 0.6) is 0 Å². The largest absolute Gasteiger partial charge is 0.364 e. The Bertz CT molecular complexity index is 470. The molecule has 0 aliphatic carbocycles. The van der Waals surface area contributed by atoms with Crippen molar-refractivity contribution in [2.45, 2.75) is 26.7 Å². The summed E-state index contributed by atoms with van der Waals surface area (Å²) in [5, 5.41) is 17.5. The minimum absolute atomic E-state index is 0.0446. The molecule has 1 aromatic rings. The topological polar surface area (TPSA) is 80.1 Å². The van der Waals surface area contributed by atoms with E-state index in [1.165, 1.54) is 6.07 Å². The number of pyridine rings is 1. The zero-order valence-electron chi connectivity index (χ0n) is 11.4. The van der Waals surface area contributed by atoms with E-state index in [0.29, 0.717) is 12.4 Å². The summed E-state index contributed by atoms with van der Waals surface area (Å²) in [7, 11) is 0. The molecule has 19 heavy (non-hydrogen) atoms. The standard InChI is InChI=1S/C13H20N4O2/c1-10-3-4-11(17(18)19)12(16-10)15-9-13(2)5-7-14-8-6-13/h3-4,14H,5-9H2,1-2H3,(H,15,16). The van der Waals surface area contributed by atoms with Crippen molar-refractivity contribution in [3.8, 4) is 0 Å². The van der Waals surface area contributed by atoms with Crippen LogP contribution in [0.15, 0.2) is 12.1 Å². The highest BCUT2D eigenvalue weighted by Gasteiger charge is 2.27. The summed E-state index contributed by atoms with van der Waals surface area (Å²) in [6, 6.07) is 3.17. The molecule has 2 N–H and O–H groups in total. The molecule has 0 spiro atoms. The predicted octanol–water partition coefficient (Wildman–Crippen LogP) is 2.10. The molecule has 1 aromatic heterocycles. The maximum absolute atomic E-state index is 11.0. The van der Waals surface area contributed by atoms with Crippen LogP contribution in [0.3, 0.4) is 0 Å². The average molecular weight is 264 g/mol. The van der Waals surface area contributed by atoms with Crippen LogP contribution in [-0.4, -0.2) is 29.5 Å². The van der Waals surface area contributed by atoms with Gasteiger partial charge >= 0.3 is 5.69 Å². The molecule has 0 unspecified atom stereocenters. The number of piperidine rings is 1. The minimum atomic E-state index is -0.389. The first kappa shape index (κ1) is 13.7. The van der Waals surface area contributed by atoms with E-state index >= 15 is 0 Å². The molecule has 0 amide bonds. The molecule has 0 bridgehead atoms. The van der Waals surface area contributed by atoms with Crippen molar-refractivity contribution in [1.29, 1.82) is 0 Å². The van der Waals surface area contributed by atoms with Crippen molar-refractivity contribution in [3.63, 3.8) is 0 Å². The number of nitrogens with one attached hydrogen (secondary N) is 2. The van der Waals surface area contributed by atoms with Gasteiger partial charge < -0.3 is 10.6 Å². The van der Waals surface area contributed by atoms with Crippen molar-refractivity contribution in [2.24, 2.45) is 5.41 Å². The molecule has 2 rings (SSSR count). The van der Waals surface area contributed by atoms with Crippen LogP contribution in [0.25, 0.3) is 0 Å². The van der Waals surface area contributed by atoms with E-state index in [2.05, 4.69) is 22.5 Å². The van der Waals surface area contributed by atoms with Crippen molar-refractivity contribution >= 4 is 11.5 Å². The molecule has 1 fully saturated rings. The van der Waals surface area contributed by atoms with Crippen molar-refractivity contribution in [2.75, 3.05) is 25.0 Å². The van der Waals surface area contributed by atoms with Gasteiger partial charge in [-0.05, 0) is 44.3 Å². The fourth-order valence-corrected chi connectivity index (χ4v) is 2.33. The lowest BCUT2D eigenvalue weighted by atomic mass is 9.81. The van der Waals surface area contributed by atoms with Gasteiger partial charge in [-0.3, -0.25) is 10.1 Å². The van der Waals surface area contributed by atoms with E-state index in [0.717, 1.165) is 31.6 Å². The molecule has 2 heterocycles. The number of aryl methyl sites for hydroxylation is 1. The first-order valence-electron chi connectivity index (χ1n) is 6.57. The zero-order valence-corrected chi connectivity index (χ0v) is 11.4. The summed E-state index contributed by atoms with van der Waals surface area (Å²) in [6.45, 7) is 6.76. The highest BCUT2D eigenvalue weighted by atomic mass is 16.6. The first-order valence-corrected chi connectivity index (χ1v) is 6.57. The van der Waals surface area contributed by atoms with Gasteiger partial charge in [-0.2, -0.15) is 0 Å². The third-order valence-electron chi connectivity index (χ3n) is 3.70. The summed E-state index contributed by atoms with van der Waals surface area (Å²) in [4.78, 5) is 14.8. The molecule has 6 nitrogen and oxygen atoms in total. The fourth-order valence-electron chi connectivity index (χ4n) is 2.33. The van der Waals surface area contributed by atoms with Crippen LogP contribution in [-0.2, 0) is 0 Å². The van der Waals surface area contributed by atoms with Crippen LogP contribution < -0.4 is 10.6 Å². The Balaban J connectivity index is 2.10. The number of nitro groups is 1. The number of aromatic nitrogens is 1. The lowest BCUT2D eigenvalue weighted by Crippen LogP contribution is -2.39. The van der Waals surface area contributed by atoms with Gasteiger partial charge in [-0.25, -0.2) is 4.98 Å². The van der Waals surface area contributed by atoms with Gasteiger partial charge in [0.15, 0.2) is 0 Å². The van der Waals surface area contributed by atoms with E-state index in [4.69, 9.17) is 0 Å². The third kappa shape index (κ3) is 3.41. The summed E-state index contributed by atoms with van der Waals surface area (Å²) in [5.74, 6) is 0.379. The van der Waals surface area contributed by atoms with Crippen LogP contribution in [0.4, 0.5) is 11.5 Å². The fraction of sp³-hybridized carbons (Fsp3) is 0.615. The van der Waals surface area contributed by atoms with Gasteiger partial charge in [0.2, 0.25) is 5.82 Å². The smallest absolute Gasteiger partial charge is 0.311 e. The summed E-state index contributed by atoms with van der Waals surface area (Å²) in [5.41, 5.74) is 0.997. The summed E-state index contributed by atoms with van der Waals surface area (Å²) < 4.78 is 0. The van der Waals surface area contributed by atoms with Crippen LogP contribution in [0, 0.1) is 22.5 Å². The Labute approximate surface area is 112 Å². The Morgan fingerprint density at radius 1 is 1.47 bits per heavy atom. The lowest BCUT2D eigenvalue weighted by Gasteiger charge is -2.34. The molecule has 1 aliphatic rings. The Morgan fingerprint density at radius 3 is 2.79 bits per heavy atom. The second-order valence-electron chi connectivity index (χ2n) is 5.49. The van der Waals surface area contributed by atoms with E-state index in [-0.39, 0.29) is 16.0 Å². The number of rotatable bonds is 4. The van der Waals surface area contributed by atoms with Gasteiger partial charge in [-0.15, -0.1) is 0 Å². The number of anilines is 1. The molecule has 1 aliphatic heterocycles. The first-order chi connectivity index (χ1) is 9.00. The SMILES string of the molecule is Cc1ccc([N+](=O)[O-])c(NCC2(C)CCNCC2)n1. The zero-order chi connectivity index (χ0) is 13.9. The normalized spacial score (nSPS) is 18.0. The van der Waals surface area contributed by atoms with Crippen molar-refractivity contribution in [1.82, 2.24) is 10.3 Å². The second kappa shape index (κ2) is 5.52. The predicted molar refractivity (Wildman–Crippen MR) is 74.3 cm³/mol. The molecule has 1 saturated heterocycles. The monoisotopic (exact) mass is 264 g/mol. The number of hydrogen-bond donors (Lipinski definition) is 2. The van der Waals surface area contributed by atoms with Gasteiger partial charge in [0, 0.05) is 18.3 Å². The van der Waals surface area contributed by atoms with E-state index < -0.39 is 0 Å². The van der Waals surface area contributed by atoms with Crippen LogP contribution >= 0.6 is 0 Å². The maximum atomic E-state index is 11.0. The lowest BCUT2D eigenvalue weighted by molar-refractivity contribution is -0.384. The van der Waals surface area contributed by atoms with Crippen LogP contribution in [0.2, 0.25) is 0 Å². The van der Waals surface area contributed by atoms with E-state index in [9.17, 15) is 10.1 Å². The minimum Gasteiger partial charge on any atom is -0.364 e. The molecule has 0 aromatic carbocycles. The quantitative estimate of drug-likeness (QED) is 0.643. The molecule has 0 saturated carbocycles. The van der Waals surface area contributed by atoms with Gasteiger partial charge in [-0.1, -0.05) is 6.92 Å². The summed E-state index contributed by atoms with van der Waals surface area (Å²) in [6.07, 6.45) is 2.14. The van der Waals surface area contributed by atoms with Gasteiger partial charge in [0.1, 0.15) is 0 Å². The molecule has 104 valence electrons. The van der Waals surface area contributed by atoms with E-state index in [1.54, 1.807) is 6.07 Å². The number of hydrogen-bond acceptors (Lipinski definition) is 5. The average Bonchev–Trinajstić information content (AvgIpc) is 2.37. The van der Waals surface area contributed by atoms with Crippen LogP contribution in [0.1, 0.15) is 25.5 Å². The van der Waals surface area contributed by atoms with Crippen molar-refractivity contribution < 1.29 is 4.92 Å². The molecule has 6 heteroatoms. The molecule has 0 radical (unpaired) electrons. The highest BCUT2D eigenvalue weighted by molar-refractivity contribution is 5.56. The second-order valence-corrected chi connectivity index (χ2v) is 5.49. The highest BCUT2D eigenvalue weighted by Crippen LogP contribution is 2.30. The summed E-state index contributed by atoms with van der Waals surface area (Å²) >= 11 is 0. The molecule has 0 atom stereocenters. The maximum Gasteiger partial charge on any atom is 0.311 e. The van der Waals surface area contributed by atoms with Gasteiger partial charge in [0.25, 0.3) is 0 Å². The molecular formula is C13H20N4O2. The van der Waals surface area contributed by atoms with Gasteiger partial charge in [0.05, 0.1) is 4.92 Å². The Morgan fingerprint density at radius 2 is 2.16 bits per heavy atom.